The van der Waals surface area contributed by atoms with Crippen LogP contribution in [0.1, 0.15) is 25.5 Å². The molecule has 20 heavy (non-hydrogen) atoms. The van der Waals surface area contributed by atoms with Gasteiger partial charge in [0.1, 0.15) is 0 Å². The third-order valence-corrected chi connectivity index (χ3v) is 3.98. The van der Waals surface area contributed by atoms with Crippen LogP contribution in [-0.4, -0.2) is 39.7 Å². The van der Waals surface area contributed by atoms with Gasteiger partial charge >= 0.3 is 5.69 Å². The molecule has 1 heterocycles. The first kappa shape index (κ1) is 15.0. The van der Waals surface area contributed by atoms with Crippen LogP contribution in [0, 0.1) is 0 Å². The van der Waals surface area contributed by atoms with Crippen molar-refractivity contribution in [2.75, 3.05) is 19.6 Å². The lowest BCUT2D eigenvalue weighted by Gasteiger charge is -2.20. The quantitative estimate of drug-likeness (QED) is 0.694. The maximum absolute atomic E-state index is 11.8. The fraction of sp³-hybridized carbons (Fsp3) is 0.714. The molecule has 1 N–H and O–H groups in total. The number of rotatable bonds is 7. The lowest BCUT2D eigenvalue weighted by Crippen LogP contribution is -2.39. The Labute approximate surface area is 119 Å². The van der Waals surface area contributed by atoms with Crippen molar-refractivity contribution in [2.45, 2.75) is 32.4 Å². The number of nitrogens with one attached hydrogen (secondary N) is 1. The van der Waals surface area contributed by atoms with E-state index >= 15 is 0 Å². The molecule has 1 saturated carbocycles. The van der Waals surface area contributed by atoms with Crippen molar-refractivity contribution in [2.24, 2.45) is 14.1 Å². The molecule has 1 aromatic rings. The minimum atomic E-state index is -0.275. The molecule has 0 aromatic carbocycles. The minimum absolute atomic E-state index is 0.252. The predicted molar refractivity (Wildman–Crippen MR) is 78.9 cm³/mol. The van der Waals surface area contributed by atoms with Crippen molar-refractivity contribution in [1.82, 2.24) is 19.4 Å². The summed E-state index contributed by atoms with van der Waals surface area (Å²) < 4.78 is 2.64. The zero-order valence-corrected chi connectivity index (χ0v) is 12.6. The lowest BCUT2D eigenvalue weighted by molar-refractivity contribution is 0.276. The van der Waals surface area contributed by atoms with Gasteiger partial charge in [0.15, 0.2) is 0 Å². The van der Waals surface area contributed by atoms with E-state index in [0.717, 1.165) is 35.9 Å². The second-order valence-corrected chi connectivity index (χ2v) is 5.41. The van der Waals surface area contributed by atoms with Gasteiger partial charge in [0.25, 0.3) is 5.56 Å². The molecule has 0 saturated heterocycles. The highest BCUT2D eigenvalue weighted by molar-refractivity contribution is 5.01. The molecular weight excluding hydrogens is 256 g/mol. The highest BCUT2D eigenvalue weighted by atomic mass is 16.2. The summed E-state index contributed by atoms with van der Waals surface area (Å²) in [7, 11) is 3.19. The first-order chi connectivity index (χ1) is 9.54. The van der Waals surface area contributed by atoms with Gasteiger partial charge in [-0.05, 0) is 19.4 Å². The van der Waals surface area contributed by atoms with Gasteiger partial charge < -0.3 is 5.32 Å². The van der Waals surface area contributed by atoms with Crippen molar-refractivity contribution in [3.05, 3.63) is 32.6 Å². The molecule has 0 unspecified atom stereocenters. The molecule has 0 atom stereocenters. The van der Waals surface area contributed by atoms with E-state index in [-0.39, 0.29) is 11.2 Å². The molecule has 6 nitrogen and oxygen atoms in total. The van der Waals surface area contributed by atoms with E-state index in [1.54, 1.807) is 7.05 Å². The molecule has 6 heteroatoms. The largest absolute Gasteiger partial charge is 0.330 e. The van der Waals surface area contributed by atoms with Gasteiger partial charge in [-0.2, -0.15) is 0 Å². The molecule has 0 amide bonds. The van der Waals surface area contributed by atoms with E-state index in [4.69, 9.17) is 0 Å². The normalized spacial score (nSPS) is 15.0. The van der Waals surface area contributed by atoms with Crippen LogP contribution in [0.3, 0.4) is 0 Å². The molecule has 112 valence electrons. The van der Waals surface area contributed by atoms with Crippen molar-refractivity contribution in [1.29, 1.82) is 0 Å². The van der Waals surface area contributed by atoms with Crippen molar-refractivity contribution >= 4 is 0 Å². The topological polar surface area (TPSA) is 59.3 Å². The first-order valence-electron chi connectivity index (χ1n) is 7.25. The van der Waals surface area contributed by atoms with Crippen molar-refractivity contribution < 1.29 is 0 Å². The first-order valence-corrected chi connectivity index (χ1v) is 7.25. The van der Waals surface area contributed by atoms with Crippen LogP contribution in [-0.2, 0) is 20.6 Å². The van der Waals surface area contributed by atoms with Crippen LogP contribution in [0.4, 0.5) is 0 Å². The summed E-state index contributed by atoms with van der Waals surface area (Å²) in [5, 5.41) is 3.31. The number of likely N-dealkylation sites (N-methyl/N-ethyl adjacent to an activating group) is 1. The molecule has 1 aliphatic carbocycles. The van der Waals surface area contributed by atoms with Crippen LogP contribution in [0.5, 0.6) is 0 Å². The van der Waals surface area contributed by atoms with Crippen LogP contribution in [0.15, 0.2) is 15.7 Å². The van der Waals surface area contributed by atoms with E-state index in [9.17, 15) is 9.59 Å². The molecular formula is C14H24N4O2. The highest BCUT2D eigenvalue weighted by Crippen LogP contribution is 2.25. The number of aromatic nitrogens is 2. The predicted octanol–water partition coefficient (Wildman–Crippen LogP) is -0.342. The minimum Gasteiger partial charge on any atom is -0.310 e. The molecule has 0 radical (unpaired) electrons. The van der Waals surface area contributed by atoms with Gasteiger partial charge in [-0.1, -0.05) is 6.92 Å². The zero-order valence-electron chi connectivity index (χ0n) is 12.6. The Hall–Kier alpha value is -1.40. The summed E-state index contributed by atoms with van der Waals surface area (Å²) in [6, 6.07) is 2.29. The maximum Gasteiger partial charge on any atom is 0.330 e. The van der Waals surface area contributed by atoms with Crippen LogP contribution in [0.25, 0.3) is 0 Å². The smallest absolute Gasteiger partial charge is 0.310 e. The van der Waals surface area contributed by atoms with Crippen LogP contribution >= 0.6 is 0 Å². The lowest BCUT2D eigenvalue weighted by atomic mass is 10.3. The molecule has 1 aliphatic rings. The van der Waals surface area contributed by atoms with Gasteiger partial charge in [-0.25, -0.2) is 4.79 Å². The Kier molecular flexibility index (Phi) is 4.77. The average Bonchev–Trinajstić information content (AvgIpc) is 3.26. The summed E-state index contributed by atoms with van der Waals surface area (Å²) in [4.78, 5) is 25.9. The Morgan fingerprint density at radius 2 is 2.00 bits per heavy atom. The van der Waals surface area contributed by atoms with Crippen LogP contribution in [0.2, 0.25) is 0 Å². The summed E-state index contributed by atoms with van der Waals surface area (Å²) in [6.07, 6.45) is 2.63. The Morgan fingerprint density at radius 3 is 2.60 bits per heavy atom. The standard InChI is InChI=1S/C14H24N4O2/c1-4-18(11-5-6-11)8-7-15-10-12-9-13(19)17(3)14(20)16(12)2/h9,11,15H,4-8,10H2,1-3H3. The third-order valence-electron chi connectivity index (χ3n) is 3.98. The summed E-state index contributed by atoms with van der Waals surface area (Å²) in [5.41, 5.74) is 0.202. The number of hydrogen-bond acceptors (Lipinski definition) is 4. The van der Waals surface area contributed by atoms with Crippen molar-refractivity contribution in [3.8, 4) is 0 Å². The Morgan fingerprint density at radius 1 is 1.30 bits per heavy atom. The monoisotopic (exact) mass is 280 g/mol. The maximum atomic E-state index is 11.8. The Balaban J connectivity index is 1.88. The summed E-state index contributed by atoms with van der Waals surface area (Å²) in [5.74, 6) is 0. The second-order valence-electron chi connectivity index (χ2n) is 5.41. The summed E-state index contributed by atoms with van der Waals surface area (Å²) >= 11 is 0. The molecule has 0 spiro atoms. The molecule has 1 fully saturated rings. The van der Waals surface area contributed by atoms with Gasteiger partial charge in [0.05, 0.1) is 0 Å². The van der Waals surface area contributed by atoms with Crippen molar-refractivity contribution in [3.63, 3.8) is 0 Å². The van der Waals surface area contributed by atoms with Gasteiger partial charge in [-0.15, -0.1) is 0 Å². The molecule has 0 aliphatic heterocycles. The zero-order chi connectivity index (χ0) is 14.7. The SMILES string of the molecule is CCN(CCNCc1cc(=O)n(C)c(=O)n1C)C1CC1. The van der Waals surface area contributed by atoms with Gasteiger partial charge in [0, 0.05) is 51.5 Å². The van der Waals surface area contributed by atoms with Gasteiger partial charge in [-0.3, -0.25) is 18.8 Å². The average molecular weight is 280 g/mol. The number of nitrogens with zero attached hydrogens (tertiary/aromatic N) is 3. The molecule has 2 rings (SSSR count). The van der Waals surface area contributed by atoms with Gasteiger partial charge in [0.2, 0.25) is 0 Å². The van der Waals surface area contributed by atoms with E-state index in [0.29, 0.717) is 6.54 Å². The third kappa shape index (κ3) is 3.37. The molecule has 0 bridgehead atoms. The van der Waals surface area contributed by atoms with E-state index < -0.39 is 0 Å². The molecule has 1 aromatic heterocycles. The van der Waals surface area contributed by atoms with E-state index in [1.165, 1.54) is 30.5 Å². The fourth-order valence-corrected chi connectivity index (χ4v) is 2.43. The van der Waals surface area contributed by atoms with E-state index in [1.807, 2.05) is 0 Å². The second kappa shape index (κ2) is 6.37. The highest BCUT2D eigenvalue weighted by Gasteiger charge is 2.26. The summed E-state index contributed by atoms with van der Waals surface area (Å²) in [6.45, 7) is 5.69. The number of hydrogen-bond donors (Lipinski definition) is 1. The fourth-order valence-electron chi connectivity index (χ4n) is 2.43. The van der Waals surface area contributed by atoms with Crippen LogP contribution < -0.4 is 16.6 Å². The Bertz CT molecular complexity index is 572. The van der Waals surface area contributed by atoms with E-state index in [2.05, 4.69) is 17.1 Å².